The molecule has 2 aromatic carbocycles. The first-order valence-corrected chi connectivity index (χ1v) is 10.0. The average Bonchev–Trinajstić information content (AvgIpc) is 3.25. The molecule has 2 aromatic rings. The molecule has 33 heavy (non-hydrogen) atoms. The van der Waals surface area contributed by atoms with Gasteiger partial charge in [-0.05, 0) is 48.9 Å². The standard InChI is InChI=1S/C22H20F3N3O5/c1-2-31-20(29)18-15(10-26-14-6-4-13(5-7-14)22(23,24)25)27-21(30)28-19(18)12-3-8-16-17(9-12)33-11-32-16/h3-9,19,26H,2,10-11H2,1H3,(H2,27,28,30)/t19-/m0/s1. The van der Waals surface area contributed by atoms with Gasteiger partial charge in [0.05, 0.1) is 36.0 Å². The number of carbonyl (C=O) groups excluding carboxylic acids is 2. The van der Waals surface area contributed by atoms with Crippen molar-refractivity contribution in [3.05, 3.63) is 64.9 Å². The topological polar surface area (TPSA) is 97.9 Å². The number of fused-ring (bicyclic) bond motifs is 1. The van der Waals surface area contributed by atoms with E-state index in [0.29, 0.717) is 22.7 Å². The zero-order valence-electron chi connectivity index (χ0n) is 17.4. The van der Waals surface area contributed by atoms with Crippen LogP contribution in [0.15, 0.2) is 53.7 Å². The molecule has 0 bridgehead atoms. The highest BCUT2D eigenvalue weighted by molar-refractivity contribution is 5.95. The smallest absolute Gasteiger partial charge is 0.416 e. The third-order valence-corrected chi connectivity index (χ3v) is 5.06. The van der Waals surface area contributed by atoms with E-state index in [9.17, 15) is 22.8 Å². The maximum Gasteiger partial charge on any atom is 0.416 e. The van der Waals surface area contributed by atoms with Crippen molar-refractivity contribution in [3.63, 3.8) is 0 Å². The number of ether oxygens (including phenoxy) is 3. The summed E-state index contributed by atoms with van der Waals surface area (Å²) in [5.41, 5.74) is 0.572. The monoisotopic (exact) mass is 463 g/mol. The van der Waals surface area contributed by atoms with Gasteiger partial charge in [-0.15, -0.1) is 0 Å². The van der Waals surface area contributed by atoms with Gasteiger partial charge in [-0.25, -0.2) is 9.59 Å². The Hall–Kier alpha value is -3.89. The van der Waals surface area contributed by atoms with Crippen LogP contribution in [0.5, 0.6) is 11.5 Å². The fourth-order valence-electron chi connectivity index (χ4n) is 3.52. The predicted octanol–water partition coefficient (Wildman–Crippen LogP) is 3.72. The number of nitrogens with one attached hydrogen (secondary N) is 3. The zero-order valence-corrected chi connectivity index (χ0v) is 17.4. The Morgan fingerprint density at radius 2 is 1.88 bits per heavy atom. The predicted molar refractivity (Wildman–Crippen MR) is 111 cm³/mol. The number of carbonyl (C=O) groups is 2. The van der Waals surface area contributed by atoms with Crippen molar-refractivity contribution in [2.45, 2.75) is 19.1 Å². The molecule has 11 heteroatoms. The molecule has 1 atom stereocenters. The molecule has 2 heterocycles. The molecule has 2 aliphatic heterocycles. The molecule has 2 amide bonds. The average molecular weight is 463 g/mol. The van der Waals surface area contributed by atoms with Crippen LogP contribution in [0, 0.1) is 0 Å². The van der Waals surface area contributed by atoms with Gasteiger partial charge in [0.2, 0.25) is 6.79 Å². The van der Waals surface area contributed by atoms with Crippen molar-refractivity contribution in [3.8, 4) is 11.5 Å². The number of hydrogen-bond acceptors (Lipinski definition) is 6. The molecule has 0 aromatic heterocycles. The molecule has 2 aliphatic rings. The van der Waals surface area contributed by atoms with E-state index in [1.807, 2.05) is 0 Å². The van der Waals surface area contributed by atoms with E-state index in [1.165, 1.54) is 12.1 Å². The summed E-state index contributed by atoms with van der Waals surface area (Å²) >= 11 is 0. The summed E-state index contributed by atoms with van der Waals surface area (Å²) in [6.45, 7) is 1.81. The van der Waals surface area contributed by atoms with Crippen LogP contribution in [0.1, 0.15) is 24.1 Å². The van der Waals surface area contributed by atoms with Crippen molar-refractivity contribution in [1.29, 1.82) is 0 Å². The van der Waals surface area contributed by atoms with Crippen LogP contribution in [0.3, 0.4) is 0 Å². The van der Waals surface area contributed by atoms with Crippen LogP contribution in [0.25, 0.3) is 0 Å². The number of amides is 2. The Bertz CT molecular complexity index is 1100. The highest BCUT2D eigenvalue weighted by Gasteiger charge is 2.34. The van der Waals surface area contributed by atoms with Crippen LogP contribution < -0.4 is 25.4 Å². The number of halogens is 3. The van der Waals surface area contributed by atoms with Crippen molar-refractivity contribution in [1.82, 2.24) is 10.6 Å². The highest BCUT2D eigenvalue weighted by atomic mass is 19.4. The normalized spacial score (nSPS) is 17.3. The van der Waals surface area contributed by atoms with Crippen LogP contribution in [0.4, 0.5) is 23.7 Å². The molecule has 0 saturated heterocycles. The number of esters is 1. The van der Waals surface area contributed by atoms with Gasteiger partial charge in [-0.2, -0.15) is 13.2 Å². The minimum atomic E-state index is -4.45. The van der Waals surface area contributed by atoms with Gasteiger partial charge in [0.1, 0.15) is 0 Å². The van der Waals surface area contributed by atoms with E-state index < -0.39 is 29.8 Å². The first kappa shape index (κ1) is 22.3. The van der Waals surface area contributed by atoms with Gasteiger partial charge < -0.3 is 30.2 Å². The SMILES string of the molecule is CCOC(=O)C1=C(CNc2ccc(C(F)(F)F)cc2)NC(=O)N[C@H]1c1ccc2c(c1)OCO2. The summed E-state index contributed by atoms with van der Waals surface area (Å²) in [5.74, 6) is 0.384. The number of alkyl halides is 3. The maximum atomic E-state index is 12.8. The molecule has 0 aliphatic carbocycles. The highest BCUT2D eigenvalue weighted by Crippen LogP contribution is 2.37. The first-order valence-electron chi connectivity index (χ1n) is 10.0. The molecule has 0 spiro atoms. The van der Waals surface area contributed by atoms with Gasteiger partial charge >= 0.3 is 18.2 Å². The van der Waals surface area contributed by atoms with E-state index in [1.54, 1.807) is 25.1 Å². The third-order valence-electron chi connectivity index (χ3n) is 5.06. The molecule has 0 saturated carbocycles. The second kappa shape index (κ2) is 8.93. The van der Waals surface area contributed by atoms with Crippen LogP contribution in [-0.4, -0.2) is 31.9 Å². The van der Waals surface area contributed by atoms with Crippen molar-refractivity contribution < 1.29 is 37.0 Å². The Kier molecular flexibility index (Phi) is 6.03. The van der Waals surface area contributed by atoms with Gasteiger partial charge in [0, 0.05) is 5.69 Å². The minimum absolute atomic E-state index is 0.0337. The summed E-state index contributed by atoms with van der Waals surface area (Å²) in [5, 5.41) is 8.24. The lowest BCUT2D eigenvalue weighted by atomic mass is 9.94. The van der Waals surface area contributed by atoms with Gasteiger partial charge in [0.25, 0.3) is 0 Å². The van der Waals surface area contributed by atoms with Crippen LogP contribution in [0.2, 0.25) is 0 Å². The molecule has 0 radical (unpaired) electrons. The second-order valence-electron chi connectivity index (χ2n) is 7.19. The number of rotatable bonds is 6. The molecule has 3 N–H and O–H groups in total. The third kappa shape index (κ3) is 4.81. The first-order chi connectivity index (χ1) is 15.8. The summed E-state index contributed by atoms with van der Waals surface area (Å²) < 4.78 is 54.3. The molecule has 0 fully saturated rings. The van der Waals surface area contributed by atoms with Crippen molar-refractivity contribution in [2.75, 3.05) is 25.3 Å². The Morgan fingerprint density at radius 3 is 2.58 bits per heavy atom. The van der Waals surface area contributed by atoms with E-state index in [2.05, 4.69) is 16.0 Å². The van der Waals surface area contributed by atoms with E-state index >= 15 is 0 Å². The van der Waals surface area contributed by atoms with Crippen LogP contribution in [-0.2, 0) is 15.7 Å². The van der Waals surface area contributed by atoms with E-state index in [-0.39, 0.29) is 31.2 Å². The minimum Gasteiger partial charge on any atom is -0.463 e. The second-order valence-corrected chi connectivity index (χ2v) is 7.19. The van der Waals surface area contributed by atoms with E-state index in [4.69, 9.17) is 14.2 Å². The number of hydrogen-bond donors (Lipinski definition) is 3. The number of anilines is 1. The Morgan fingerprint density at radius 1 is 1.15 bits per heavy atom. The van der Waals surface area contributed by atoms with Gasteiger partial charge in [-0.3, -0.25) is 0 Å². The van der Waals surface area contributed by atoms with E-state index in [0.717, 1.165) is 12.1 Å². The maximum absolute atomic E-state index is 12.8. The zero-order chi connectivity index (χ0) is 23.6. The van der Waals surface area contributed by atoms with Gasteiger partial charge in [0.15, 0.2) is 11.5 Å². The molecule has 0 unspecified atom stereocenters. The largest absolute Gasteiger partial charge is 0.463 e. The Balaban J connectivity index is 1.64. The quantitative estimate of drug-likeness (QED) is 0.565. The molecule has 174 valence electrons. The molecular formula is C22H20F3N3O5. The van der Waals surface area contributed by atoms with Crippen molar-refractivity contribution in [2.24, 2.45) is 0 Å². The summed E-state index contributed by atoms with van der Waals surface area (Å²) in [6, 6.07) is 8.08. The lowest BCUT2D eigenvalue weighted by Gasteiger charge is -2.29. The fraction of sp³-hybridized carbons (Fsp3) is 0.273. The summed E-state index contributed by atoms with van der Waals surface area (Å²) in [4.78, 5) is 25.2. The lowest BCUT2D eigenvalue weighted by Crippen LogP contribution is -2.47. The Labute approximate surface area is 186 Å². The van der Waals surface area contributed by atoms with Crippen molar-refractivity contribution >= 4 is 17.7 Å². The number of benzene rings is 2. The number of urea groups is 1. The summed E-state index contributed by atoms with van der Waals surface area (Å²) in [6.07, 6.45) is -4.45. The van der Waals surface area contributed by atoms with Crippen LogP contribution >= 0.6 is 0 Å². The molecule has 4 rings (SSSR count). The van der Waals surface area contributed by atoms with Gasteiger partial charge in [-0.1, -0.05) is 6.07 Å². The fourth-order valence-corrected chi connectivity index (χ4v) is 3.52. The molecule has 8 nitrogen and oxygen atoms in total. The molecular weight excluding hydrogens is 443 g/mol. The lowest BCUT2D eigenvalue weighted by molar-refractivity contribution is -0.139. The summed E-state index contributed by atoms with van der Waals surface area (Å²) in [7, 11) is 0.